The highest BCUT2D eigenvalue weighted by Gasteiger charge is 2.25. The molecule has 1 aromatic heterocycles. The lowest BCUT2D eigenvalue weighted by molar-refractivity contribution is 0.633. The summed E-state index contributed by atoms with van der Waals surface area (Å²) in [4.78, 5) is 3.46. The third kappa shape index (κ3) is 1.77. The zero-order valence-corrected chi connectivity index (χ0v) is 10.1. The molecule has 88 valence electrons. The number of benzene rings is 1. The second-order valence-electron chi connectivity index (χ2n) is 4.35. The number of para-hydroxylation sites is 1. The second kappa shape index (κ2) is 4.01. The maximum Gasteiger partial charge on any atom is 0.180 e. The number of aromatic nitrogens is 1. The standard InChI is InChI=1S/C12H14N4S/c13-16-12(17)14-7-5-9-8-3-1-2-4-10(8)15-11(9)6-7/h1-4,7,15H,5-6,13H2,(H2,14,16,17). The predicted molar refractivity (Wildman–Crippen MR) is 72.6 cm³/mol. The van der Waals surface area contributed by atoms with E-state index in [-0.39, 0.29) is 0 Å². The Labute approximate surface area is 105 Å². The van der Waals surface area contributed by atoms with Gasteiger partial charge in [0, 0.05) is 29.1 Å². The molecule has 0 aliphatic heterocycles. The Morgan fingerprint density at radius 1 is 1.35 bits per heavy atom. The van der Waals surface area contributed by atoms with Gasteiger partial charge < -0.3 is 15.7 Å². The highest BCUT2D eigenvalue weighted by atomic mass is 32.1. The monoisotopic (exact) mass is 246 g/mol. The van der Waals surface area contributed by atoms with E-state index in [1.807, 2.05) is 0 Å². The summed E-state index contributed by atoms with van der Waals surface area (Å²) in [6.45, 7) is 0. The fraction of sp³-hybridized carbons (Fsp3) is 0.250. The Morgan fingerprint density at radius 2 is 2.18 bits per heavy atom. The van der Waals surface area contributed by atoms with Crippen LogP contribution in [0.3, 0.4) is 0 Å². The number of hydrazine groups is 1. The van der Waals surface area contributed by atoms with Crippen molar-refractivity contribution in [3.05, 3.63) is 35.5 Å². The Kier molecular flexibility index (Phi) is 2.49. The van der Waals surface area contributed by atoms with Crippen molar-refractivity contribution < 1.29 is 0 Å². The van der Waals surface area contributed by atoms with Gasteiger partial charge in [0.1, 0.15) is 0 Å². The number of nitrogens with one attached hydrogen (secondary N) is 3. The smallest absolute Gasteiger partial charge is 0.180 e. The average Bonchev–Trinajstić information content (AvgIpc) is 2.85. The molecule has 1 unspecified atom stereocenters. The van der Waals surface area contributed by atoms with Crippen molar-refractivity contribution in [2.24, 2.45) is 5.84 Å². The van der Waals surface area contributed by atoms with Gasteiger partial charge in [0.05, 0.1) is 0 Å². The van der Waals surface area contributed by atoms with Crippen LogP contribution in [0.1, 0.15) is 11.3 Å². The van der Waals surface area contributed by atoms with E-state index >= 15 is 0 Å². The Balaban J connectivity index is 1.87. The maximum absolute atomic E-state index is 5.26. The van der Waals surface area contributed by atoms with Crippen LogP contribution in [0.15, 0.2) is 24.3 Å². The highest BCUT2D eigenvalue weighted by Crippen LogP contribution is 2.29. The van der Waals surface area contributed by atoms with E-state index in [1.54, 1.807) is 0 Å². The second-order valence-corrected chi connectivity index (χ2v) is 4.76. The average molecular weight is 246 g/mol. The molecule has 1 aromatic carbocycles. The quantitative estimate of drug-likeness (QED) is 0.344. The summed E-state index contributed by atoms with van der Waals surface area (Å²) < 4.78 is 0. The molecule has 1 aliphatic carbocycles. The fourth-order valence-corrected chi connectivity index (χ4v) is 2.72. The van der Waals surface area contributed by atoms with Gasteiger partial charge in [0.25, 0.3) is 0 Å². The number of thiocarbonyl (C=S) groups is 1. The zero-order valence-electron chi connectivity index (χ0n) is 9.29. The minimum Gasteiger partial charge on any atom is -0.358 e. The number of fused-ring (bicyclic) bond motifs is 3. The molecule has 0 amide bonds. The van der Waals surface area contributed by atoms with Gasteiger partial charge in [0.2, 0.25) is 0 Å². The normalized spacial score (nSPS) is 18.1. The van der Waals surface area contributed by atoms with Crippen LogP contribution in [0, 0.1) is 0 Å². The summed E-state index contributed by atoms with van der Waals surface area (Å²) >= 11 is 5.02. The van der Waals surface area contributed by atoms with Gasteiger partial charge >= 0.3 is 0 Å². The molecular formula is C12H14N4S. The van der Waals surface area contributed by atoms with Crippen molar-refractivity contribution in [3.63, 3.8) is 0 Å². The van der Waals surface area contributed by atoms with Crippen LogP contribution in [0.5, 0.6) is 0 Å². The van der Waals surface area contributed by atoms with E-state index in [0.29, 0.717) is 11.2 Å². The van der Waals surface area contributed by atoms with E-state index in [9.17, 15) is 0 Å². The lowest BCUT2D eigenvalue weighted by Gasteiger charge is -2.13. The van der Waals surface area contributed by atoms with Crippen LogP contribution in [-0.4, -0.2) is 16.1 Å². The van der Waals surface area contributed by atoms with Crippen molar-refractivity contribution in [3.8, 4) is 0 Å². The number of aromatic amines is 1. The van der Waals surface area contributed by atoms with Crippen LogP contribution in [0.25, 0.3) is 10.9 Å². The molecule has 0 spiro atoms. The first-order chi connectivity index (χ1) is 8.28. The van der Waals surface area contributed by atoms with Gasteiger partial charge in [-0.15, -0.1) is 0 Å². The van der Waals surface area contributed by atoms with Gasteiger partial charge in [-0.25, -0.2) is 5.84 Å². The van der Waals surface area contributed by atoms with E-state index in [4.69, 9.17) is 18.1 Å². The summed E-state index contributed by atoms with van der Waals surface area (Å²) in [5.41, 5.74) is 6.39. The first kappa shape index (κ1) is 10.6. The Bertz CT molecular complexity index is 575. The molecule has 0 fully saturated rings. The third-order valence-corrected chi connectivity index (χ3v) is 3.51. The summed E-state index contributed by atoms with van der Waals surface area (Å²) in [5, 5.41) is 5.02. The molecule has 17 heavy (non-hydrogen) atoms. The Hall–Kier alpha value is -1.59. The summed E-state index contributed by atoms with van der Waals surface area (Å²) in [7, 11) is 0. The van der Waals surface area contributed by atoms with Crippen LogP contribution in [-0.2, 0) is 12.8 Å². The molecule has 0 saturated carbocycles. The zero-order chi connectivity index (χ0) is 11.8. The topological polar surface area (TPSA) is 65.9 Å². The predicted octanol–water partition coefficient (Wildman–Crippen LogP) is 0.973. The minimum atomic E-state index is 0.337. The van der Waals surface area contributed by atoms with Crippen LogP contribution in [0.4, 0.5) is 0 Å². The summed E-state index contributed by atoms with van der Waals surface area (Å²) in [6.07, 6.45) is 1.95. The van der Waals surface area contributed by atoms with Crippen LogP contribution < -0.4 is 16.6 Å². The molecule has 0 saturated heterocycles. The molecular weight excluding hydrogens is 232 g/mol. The molecule has 3 rings (SSSR count). The summed E-state index contributed by atoms with van der Waals surface area (Å²) in [6, 6.07) is 8.74. The van der Waals surface area contributed by atoms with E-state index in [2.05, 4.69) is 40.0 Å². The first-order valence-electron chi connectivity index (χ1n) is 5.63. The van der Waals surface area contributed by atoms with Gasteiger partial charge in [-0.1, -0.05) is 18.2 Å². The molecule has 1 atom stereocenters. The van der Waals surface area contributed by atoms with Crippen molar-refractivity contribution >= 4 is 28.2 Å². The lowest BCUT2D eigenvalue weighted by Crippen LogP contribution is -2.45. The van der Waals surface area contributed by atoms with Gasteiger partial charge in [-0.3, -0.25) is 0 Å². The first-order valence-corrected chi connectivity index (χ1v) is 6.04. The highest BCUT2D eigenvalue weighted by molar-refractivity contribution is 7.80. The molecule has 0 bridgehead atoms. The Morgan fingerprint density at radius 3 is 3.00 bits per heavy atom. The third-order valence-electron chi connectivity index (χ3n) is 3.27. The SMILES string of the molecule is NNC(=S)NC1Cc2[nH]c3ccccc3c2C1. The van der Waals surface area contributed by atoms with E-state index in [1.165, 1.54) is 22.2 Å². The molecule has 5 N–H and O–H groups in total. The lowest BCUT2D eigenvalue weighted by atomic mass is 10.1. The molecule has 1 heterocycles. The fourth-order valence-electron chi connectivity index (χ4n) is 2.56. The largest absolute Gasteiger partial charge is 0.358 e. The van der Waals surface area contributed by atoms with Crippen molar-refractivity contribution in [2.45, 2.75) is 18.9 Å². The number of hydrogen-bond donors (Lipinski definition) is 4. The van der Waals surface area contributed by atoms with Crippen molar-refractivity contribution in [1.82, 2.24) is 15.7 Å². The minimum absolute atomic E-state index is 0.337. The van der Waals surface area contributed by atoms with E-state index < -0.39 is 0 Å². The van der Waals surface area contributed by atoms with Crippen LogP contribution in [0.2, 0.25) is 0 Å². The number of rotatable bonds is 1. The van der Waals surface area contributed by atoms with Crippen molar-refractivity contribution in [1.29, 1.82) is 0 Å². The molecule has 0 radical (unpaired) electrons. The number of H-pyrrole nitrogens is 1. The van der Waals surface area contributed by atoms with Crippen molar-refractivity contribution in [2.75, 3.05) is 0 Å². The molecule has 4 nitrogen and oxygen atoms in total. The van der Waals surface area contributed by atoms with Gasteiger partial charge in [0.15, 0.2) is 5.11 Å². The van der Waals surface area contributed by atoms with E-state index in [0.717, 1.165) is 12.8 Å². The molecule has 5 heteroatoms. The molecule has 2 aromatic rings. The number of nitrogens with two attached hydrogens (primary N) is 1. The number of hydrogen-bond acceptors (Lipinski definition) is 2. The maximum atomic E-state index is 5.26. The van der Waals surface area contributed by atoms with Crippen LogP contribution >= 0.6 is 12.2 Å². The molecule has 1 aliphatic rings. The van der Waals surface area contributed by atoms with Gasteiger partial charge in [-0.2, -0.15) is 0 Å². The summed E-state index contributed by atoms with van der Waals surface area (Å²) in [5.74, 6) is 5.26. The van der Waals surface area contributed by atoms with Gasteiger partial charge in [-0.05, 0) is 30.3 Å².